The molecular formula is C16H32O4Si. The molecule has 0 aromatic carbocycles. The normalized spacial score (nSPS) is 30.0. The third kappa shape index (κ3) is 5.03. The molecule has 1 saturated carbocycles. The molecule has 0 bridgehead atoms. The van der Waals surface area contributed by atoms with Crippen LogP contribution in [-0.4, -0.2) is 40.3 Å². The van der Waals surface area contributed by atoms with Crippen molar-refractivity contribution in [2.75, 3.05) is 13.2 Å². The molecule has 2 fully saturated rings. The van der Waals surface area contributed by atoms with Gasteiger partial charge >= 0.3 is 8.80 Å². The minimum atomic E-state index is -2.51. The van der Waals surface area contributed by atoms with E-state index in [4.69, 9.17) is 18.0 Å². The summed E-state index contributed by atoms with van der Waals surface area (Å²) < 4.78 is 24.1. The first-order valence-corrected chi connectivity index (χ1v) is 11.0. The number of hydrogen-bond donors (Lipinski definition) is 0. The van der Waals surface area contributed by atoms with Crippen molar-refractivity contribution in [3.8, 4) is 0 Å². The molecule has 0 aromatic heterocycles. The van der Waals surface area contributed by atoms with E-state index in [0.29, 0.717) is 18.1 Å². The average molecular weight is 317 g/mol. The van der Waals surface area contributed by atoms with E-state index in [9.17, 15) is 0 Å². The second-order valence-corrected chi connectivity index (χ2v) is 8.95. The highest BCUT2D eigenvalue weighted by Crippen LogP contribution is 2.42. The first-order valence-electron chi connectivity index (χ1n) is 8.73. The smallest absolute Gasteiger partial charge is 0.374 e. The number of fused-ring (bicyclic) bond motifs is 1. The highest BCUT2D eigenvalue weighted by Gasteiger charge is 2.47. The quantitative estimate of drug-likeness (QED) is 0.454. The van der Waals surface area contributed by atoms with Crippen LogP contribution in [0.15, 0.2) is 0 Å². The summed E-state index contributed by atoms with van der Waals surface area (Å²) in [5, 5.41) is 0. The van der Waals surface area contributed by atoms with Gasteiger partial charge < -0.3 is 18.0 Å². The van der Waals surface area contributed by atoms with E-state index in [1.807, 2.05) is 0 Å². The molecule has 0 radical (unpaired) electrons. The molecule has 1 heterocycles. The van der Waals surface area contributed by atoms with Crippen molar-refractivity contribution in [1.82, 2.24) is 0 Å². The summed E-state index contributed by atoms with van der Waals surface area (Å²) in [4.78, 5) is 0. The highest BCUT2D eigenvalue weighted by atomic mass is 28.4. The number of epoxide rings is 1. The molecule has 0 amide bonds. The number of ether oxygens (including phenoxy) is 1. The van der Waals surface area contributed by atoms with Gasteiger partial charge in [0.25, 0.3) is 0 Å². The fraction of sp³-hybridized carbons (Fsp3) is 1.00. The zero-order chi connectivity index (χ0) is 15.3. The topological polar surface area (TPSA) is 40.2 Å². The van der Waals surface area contributed by atoms with Crippen molar-refractivity contribution < 1.29 is 18.0 Å². The van der Waals surface area contributed by atoms with E-state index in [2.05, 4.69) is 27.3 Å². The Morgan fingerprint density at radius 2 is 1.71 bits per heavy atom. The van der Waals surface area contributed by atoms with Gasteiger partial charge in [0.15, 0.2) is 0 Å². The van der Waals surface area contributed by atoms with E-state index in [0.717, 1.165) is 38.9 Å². The molecule has 4 unspecified atom stereocenters. The molecule has 2 aliphatic rings. The van der Waals surface area contributed by atoms with Gasteiger partial charge in [-0.1, -0.05) is 20.8 Å². The van der Waals surface area contributed by atoms with Gasteiger partial charge in [-0.15, -0.1) is 0 Å². The first-order chi connectivity index (χ1) is 10.1. The van der Waals surface area contributed by atoms with Gasteiger partial charge in [0.05, 0.1) is 18.3 Å². The largest absolute Gasteiger partial charge is 0.497 e. The Labute approximate surface area is 130 Å². The van der Waals surface area contributed by atoms with Crippen LogP contribution in [0.1, 0.15) is 59.3 Å². The minimum Gasteiger partial charge on any atom is -0.374 e. The van der Waals surface area contributed by atoms with Gasteiger partial charge in [-0.2, -0.15) is 0 Å². The van der Waals surface area contributed by atoms with Crippen molar-refractivity contribution in [2.45, 2.75) is 84.2 Å². The molecule has 0 aromatic rings. The summed E-state index contributed by atoms with van der Waals surface area (Å²) in [6, 6.07) is 0. The van der Waals surface area contributed by atoms with Crippen LogP contribution in [0.25, 0.3) is 0 Å². The van der Waals surface area contributed by atoms with Crippen LogP contribution in [0.3, 0.4) is 0 Å². The molecule has 1 aliphatic carbocycles. The van der Waals surface area contributed by atoms with Crippen LogP contribution in [0, 0.1) is 5.92 Å². The first kappa shape index (κ1) is 17.4. The zero-order valence-electron chi connectivity index (χ0n) is 14.1. The summed E-state index contributed by atoms with van der Waals surface area (Å²) in [6.45, 7) is 9.96. The molecule has 21 heavy (non-hydrogen) atoms. The lowest BCUT2D eigenvalue weighted by Crippen LogP contribution is -2.48. The maximum Gasteiger partial charge on any atom is 0.497 e. The molecule has 124 valence electrons. The van der Waals surface area contributed by atoms with E-state index >= 15 is 0 Å². The van der Waals surface area contributed by atoms with Crippen LogP contribution in [0.5, 0.6) is 0 Å². The van der Waals surface area contributed by atoms with E-state index < -0.39 is 8.80 Å². The molecule has 5 heteroatoms. The lowest BCUT2D eigenvalue weighted by molar-refractivity contribution is 0.00178. The van der Waals surface area contributed by atoms with Crippen LogP contribution >= 0.6 is 0 Å². The predicted octanol–water partition coefficient (Wildman–Crippen LogP) is 3.77. The summed E-state index contributed by atoms with van der Waals surface area (Å²) in [5.74, 6) is 0.598. The monoisotopic (exact) mass is 316 g/mol. The van der Waals surface area contributed by atoms with Crippen LogP contribution < -0.4 is 0 Å². The van der Waals surface area contributed by atoms with Crippen molar-refractivity contribution in [3.05, 3.63) is 0 Å². The van der Waals surface area contributed by atoms with Gasteiger partial charge in [0, 0.05) is 19.8 Å². The number of hydrogen-bond acceptors (Lipinski definition) is 4. The minimum absolute atomic E-state index is 0.250. The van der Waals surface area contributed by atoms with E-state index in [1.54, 1.807) is 0 Å². The Hall–Kier alpha value is 0.0569. The Bertz CT molecular complexity index is 305. The van der Waals surface area contributed by atoms with Gasteiger partial charge in [-0.05, 0) is 44.4 Å². The summed E-state index contributed by atoms with van der Waals surface area (Å²) in [6.07, 6.45) is 7.88. The standard InChI is InChI=1S/C16H32O4Si/c1-5-10-17-21(4,18-11-6-2)20-14(7-3)13-8-9-15-16(12-13)19-15/h13-16H,5-12H2,1-4H3. The molecule has 4 nitrogen and oxygen atoms in total. The SMILES string of the molecule is CCCO[Si](C)(OCCC)OC(CC)C1CCC2OC2C1. The van der Waals surface area contributed by atoms with Gasteiger partial charge in [0.2, 0.25) is 0 Å². The highest BCUT2D eigenvalue weighted by molar-refractivity contribution is 6.59. The second-order valence-electron chi connectivity index (χ2n) is 6.41. The molecule has 2 rings (SSSR count). The fourth-order valence-corrected chi connectivity index (χ4v) is 5.52. The van der Waals surface area contributed by atoms with Crippen molar-refractivity contribution in [3.63, 3.8) is 0 Å². The van der Waals surface area contributed by atoms with Crippen LogP contribution in [0.4, 0.5) is 0 Å². The Kier molecular flexibility index (Phi) is 6.68. The third-order valence-corrected chi connectivity index (χ3v) is 6.66. The van der Waals surface area contributed by atoms with Gasteiger partial charge in [-0.3, -0.25) is 0 Å². The summed E-state index contributed by atoms with van der Waals surface area (Å²) in [7, 11) is -2.51. The van der Waals surface area contributed by atoms with E-state index in [1.165, 1.54) is 12.8 Å². The van der Waals surface area contributed by atoms with E-state index in [-0.39, 0.29) is 6.10 Å². The van der Waals surface area contributed by atoms with Crippen LogP contribution in [0.2, 0.25) is 6.55 Å². The maximum atomic E-state index is 6.44. The van der Waals surface area contributed by atoms with Crippen LogP contribution in [-0.2, 0) is 18.0 Å². The Balaban J connectivity index is 1.90. The lowest BCUT2D eigenvalue weighted by Gasteiger charge is -2.35. The lowest BCUT2D eigenvalue weighted by atomic mass is 9.84. The number of rotatable bonds is 10. The molecule has 4 atom stereocenters. The van der Waals surface area contributed by atoms with Gasteiger partial charge in [-0.25, -0.2) is 0 Å². The van der Waals surface area contributed by atoms with Crippen molar-refractivity contribution in [1.29, 1.82) is 0 Å². The average Bonchev–Trinajstić information content (AvgIpc) is 3.27. The zero-order valence-corrected chi connectivity index (χ0v) is 15.1. The van der Waals surface area contributed by atoms with Crippen molar-refractivity contribution in [2.24, 2.45) is 5.92 Å². The second kappa shape index (κ2) is 8.06. The molecular weight excluding hydrogens is 284 g/mol. The molecule has 0 spiro atoms. The summed E-state index contributed by atoms with van der Waals surface area (Å²) >= 11 is 0. The Morgan fingerprint density at radius 1 is 1.05 bits per heavy atom. The van der Waals surface area contributed by atoms with Crippen molar-refractivity contribution >= 4 is 8.80 Å². The Morgan fingerprint density at radius 3 is 2.24 bits per heavy atom. The van der Waals surface area contributed by atoms with Gasteiger partial charge in [0.1, 0.15) is 0 Å². The molecule has 0 N–H and O–H groups in total. The third-order valence-electron chi connectivity index (χ3n) is 4.48. The molecule has 1 aliphatic heterocycles. The molecule has 1 saturated heterocycles. The predicted molar refractivity (Wildman–Crippen MR) is 85.3 cm³/mol. The fourth-order valence-electron chi connectivity index (χ4n) is 3.25. The maximum absolute atomic E-state index is 6.44. The summed E-state index contributed by atoms with van der Waals surface area (Å²) in [5.41, 5.74) is 0.